The number of ether oxygens (including phenoxy) is 1. The van der Waals surface area contributed by atoms with E-state index in [1.54, 1.807) is 0 Å². The zero-order valence-corrected chi connectivity index (χ0v) is 14.2. The fraction of sp³-hybridized carbons (Fsp3) is 0.941. The molecule has 2 unspecified atom stereocenters. The highest BCUT2D eigenvalue weighted by molar-refractivity contribution is 5.68. The summed E-state index contributed by atoms with van der Waals surface area (Å²) in [6.45, 7) is 8.99. The molecule has 2 saturated carbocycles. The number of carbonyl (C=O) groups is 1. The number of amides is 1. The summed E-state index contributed by atoms with van der Waals surface area (Å²) in [7, 11) is 0. The molecule has 0 bridgehead atoms. The van der Waals surface area contributed by atoms with Gasteiger partial charge in [-0.3, -0.25) is 4.90 Å². The largest absolute Gasteiger partial charge is 0.444 e. The van der Waals surface area contributed by atoms with Gasteiger partial charge in [0.2, 0.25) is 0 Å². The van der Waals surface area contributed by atoms with Crippen LogP contribution in [-0.4, -0.2) is 54.4 Å². The fourth-order valence-electron chi connectivity index (χ4n) is 3.31. The van der Waals surface area contributed by atoms with Gasteiger partial charge < -0.3 is 15.4 Å². The maximum absolute atomic E-state index is 12.0. The van der Waals surface area contributed by atoms with Gasteiger partial charge in [0.15, 0.2) is 0 Å². The molecule has 0 spiro atoms. The van der Waals surface area contributed by atoms with Gasteiger partial charge in [-0.05, 0) is 58.8 Å². The van der Waals surface area contributed by atoms with Gasteiger partial charge in [0.25, 0.3) is 0 Å². The predicted molar refractivity (Wildman–Crippen MR) is 86.9 cm³/mol. The molecule has 2 N–H and O–H groups in total. The first-order valence-electron chi connectivity index (χ1n) is 8.88. The third kappa shape index (κ3) is 4.85. The molecule has 0 radical (unpaired) electrons. The number of nitrogens with zero attached hydrogens (tertiary/aromatic N) is 1. The van der Waals surface area contributed by atoms with Crippen molar-refractivity contribution in [3.63, 3.8) is 0 Å². The van der Waals surface area contributed by atoms with E-state index < -0.39 is 5.60 Å². The molecule has 2 atom stereocenters. The summed E-state index contributed by atoms with van der Waals surface area (Å²) < 4.78 is 5.39. The lowest BCUT2D eigenvalue weighted by atomic mass is 10.1. The Balaban J connectivity index is 1.41. The highest BCUT2D eigenvalue weighted by atomic mass is 16.6. The van der Waals surface area contributed by atoms with Crippen LogP contribution in [0.5, 0.6) is 0 Å². The van der Waals surface area contributed by atoms with E-state index in [1.807, 2.05) is 20.8 Å². The van der Waals surface area contributed by atoms with Gasteiger partial charge in [-0.15, -0.1) is 0 Å². The summed E-state index contributed by atoms with van der Waals surface area (Å²) >= 11 is 0. The van der Waals surface area contributed by atoms with Crippen molar-refractivity contribution in [2.24, 2.45) is 5.92 Å². The number of rotatable bonds is 6. The third-order valence-electron chi connectivity index (χ3n) is 4.80. The van der Waals surface area contributed by atoms with Gasteiger partial charge in [-0.25, -0.2) is 4.79 Å². The SMILES string of the molecule is CC(C)(C)OC(=O)NC(CNC1CCN(C2CC2)C1)C1CC1. The lowest BCUT2D eigenvalue weighted by Gasteiger charge is -2.25. The molecule has 1 aliphatic heterocycles. The molecule has 0 aromatic carbocycles. The van der Waals surface area contributed by atoms with Crippen LogP contribution in [0.15, 0.2) is 0 Å². The highest BCUT2D eigenvalue weighted by Crippen LogP contribution is 2.33. The molecular formula is C17H31N3O2. The minimum atomic E-state index is -0.429. The zero-order chi connectivity index (χ0) is 15.7. The van der Waals surface area contributed by atoms with E-state index in [4.69, 9.17) is 4.74 Å². The van der Waals surface area contributed by atoms with E-state index >= 15 is 0 Å². The second-order valence-electron chi connectivity index (χ2n) is 8.21. The van der Waals surface area contributed by atoms with Crippen molar-refractivity contribution in [2.75, 3.05) is 19.6 Å². The van der Waals surface area contributed by atoms with E-state index in [-0.39, 0.29) is 12.1 Å². The standard InChI is InChI=1S/C17H31N3O2/c1-17(2,3)22-16(21)19-15(12-4-5-12)10-18-13-8-9-20(11-13)14-6-7-14/h12-15,18H,4-11H2,1-3H3,(H,19,21). The maximum atomic E-state index is 12.0. The summed E-state index contributed by atoms with van der Waals surface area (Å²) in [5.41, 5.74) is -0.429. The number of likely N-dealkylation sites (tertiary alicyclic amines) is 1. The smallest absolute Gasteiger partial charge is 0.407 e. The minimum absolute atomic E-state index is 0.213. The summed E-state index contributed by atoms with van der Waals surface area (Å²) in [6, 6.07) is 1.66. The Morgan fingerprint density at radius 2 is 1.95 bits per heavy atom. The van der Waals surface area contributed by atoms with Gasteiger partial charge in [0.05, 0.1) is 0 Å². The topological polar surface area (TPSA) is 53.6 Å². The predicted octanol–water partition coefficient (Wildman–Crippen LogP) is 2.12. The summed E-state index contributed by atoms with van der Waals surface area (Å²) in [4.78, 5) is 14.6. The first-order chi connectivity index (χ1) is 10.4. The number of hydrogen-bond acceptors (Lipinski definition) is 4. The molecule has 1 saturated heterocycles. The Hall–Kier alpha value is -0.810. The van der Waals surface area contributed by atoms with Gasteiger partial charge in [-0.1, -0.05) is 0 Å². The van der Waals surface area contributed by atoms with Crippen LogP contribution in [0.3, 0.4) is 0 Å². The molecule has 5 nitrogen and oxygen atoms in total. The molecule has 22 heavy (non-hydrogen) atoms. The van der Waals surface area contributed by atoms with Crippen molar-refractivity contribution in [3.8, 4) is 0 Å². The van der Waals surface area contributed by atoms with Crippen molar-refractivity contribution >= 4 is 6.09 Å². The maximum Gasteiger partial charge on any atom is 0.407 e. The van der Waals surface area contributed by atoms with Gasteiger partial charge in [0, 0.05) is 37.8 Å². The zero-order valence-electron chi connectivity index (χ0n) is 14.2. The summed E-state index contributed by atoms with van der Waals surface area (Å²) in [6.07, 6.45) is 6.18. The molecule has 3 fully saturated rings. The van der Waals surface area contributed by atoms with Crippen LogP contribution < -0.4 is 10.6 Å². The van der Waals surface area contributed by atoms with Crippen LogP contribution >= 0.6 is 0 Å². The van der Waals surface area contributed by atoms with Gasteiger partial charge >= 0.3 is 6.09 Å². The molecule has 1 amide bonds. The van der Waals surface area contributed by atoms with Crippen molar-refractivity contribution in [1.29, 1.82) is 0 Å². The van der Waals surface area contributed by atoms with E-state index in [1.165, 1.54) is 45.2 Å². The Morgan fingerprint density at radius 1 is 1.23 bits per heavy atom. The molecular weight excluding hydrogens is 278 g/mol. The van der Waals surface area contributed by atoms with Crippen LogP contribution in [0.2, 0.25) is 0 Å². The van der Waals surface area contributed by atoms with E-state index in [0.717, 1.165) is 12.6 Å². The second-order valence-corrected chi connectivity index (χ2v) is 8.21. The molecule has 2 aliphatic carbocycles. The molecule has 0 aromatic rings. The molecule has 3 rings (SSSR count). The number of nitrogens with one attached hydrogen (secondary N) is 2. The van der Waals surface area contributed by atoms with E-state index in [9.17, 15) is 4.79 Å². The number of carbonyl (C=O) groups excluding carboxylic acids is 1. The molecule has 3 aliphatic rings. The first kappa shape index (κ1) is 16.1. The summed E-state index contributed by atoms with van der Waals surface area (Å²) in [5, 5.41) is 6.74. The van der Waals surface area contributed by atoms with Crippen molar-refractivity contribution in [2.45, 2.75) is 76.6 Å². The average Bonchev–Trinajstić information content (AvgIpc) is 3.31. The molecule has 126 valence electrons. The Morgan fingerprint density at radius 3 is 2.55 bits per heavy atom. The van der Waals surface area contributed by atoms with Crippen LogP contribution in [0.1, 0.15) is 52.9 Å². The van der Waals surface area contributed by atoms with Crippen molar-refractivity contribution in [1.82, 2.24) is 15.5 Å². The summed E-state index contributed by atoms with van der Waals surface area (Å²) in [5.74, 6) is 0.626. The fourth-order valence-corrected chi connectivity index (χ4v) is 3.31. The van der Waals surface area contributed by atoms with Gasteiger partial charge in [-0.2, -0.15) is 0 Å². The monoisotopic (exact) mass is 309 g/mol. The Kier molecular flexibility index (Phi) is 4.64. The third-order valence-corrected chi connectivity index (χ3v) is 4.80. The van der Waals surface area contributed by atoms with Gasteiger partial charge in [0.1, 0.15) is 5.60 Å². The quantitative estimate of drug-likeness (QED) is 0.789. The minimum Gasteiger partial charge on any atom is -0.444 e. The number of hydrogen-bond donors (Lipinski definition) is 2. The second kappa shape index (κ2) is 6.36. The van der Waals surface area contributed by atoms with Crippen LogP contribution in [0, 0.1) is 5.92 Å². The lowest BCUT2D eigenvalue weighted by molar-refractivity contribution is 0.0496. The van der Waals surface area contributed by atoms with E-state index in [2.05, 4.69) is 15.5 Å². The highest BCUT2D eigenvalue weighted by Gasteiger charge is 2.36. The Bertz CT molecular complexity index is 399. The number of alkyl carbamates (subject to hydrolysis) is 1. The molecule has 1 heterocycles. The first-order valence-corrected chi connectivity index (χ1v) is 8.88. The normalized spacial score (nSPS) is 27.7. The molecule has 0 aromatic heterocycles. The van der Waals surface area contributed by atoms with Crippen molar-refractivity contribution < 1.29 is 9.53 Å². The van der Waals surface area contributed by atoms with E-state index in [0.29, 0.717) is 12.0 Å². The Labute approximate surface area is 134 Å². The lowest BCUT2D eigenvalue weighted by Crippen LogP contribution is -2.48. The molecule has 5 heteroatoms. The van der Waals surface area contributed by atoms with Crippen LogP contribution in [0.4, 0.5) is 4.79 Å². The van der Waals surface area contributed by atoms with Crippen LogP contribution in [-0.2, 0) is 4.74 Å². The van der Waals surface area contributed by atoms with Crippen LogP contribution in [0.25, 0.3) is 0 Å². The van der Waals surface area contributed by atoms with Crippen molar-refractivity contribution in [3.05, 3.63) is 0 Å². The average molecular weight is 309 g/mol.